The largest absolute Gasteiger partial charge is 0.481 e. The van der Waals surface area contributed by atoms with E-state index in [0.29, 0.717) is 23.7 Å². The van der Waals surface area contributed by atoms with Crippen molar-refractivity contribution in [2.45, 2.75) is 44.2 Å². The fraction of sp³-hybridized carbons (Fsp3) is 0.474. The van der Waals surface area contributed by atoms with Crippen LogP contribution in [0, 0.1) is 5.92 Å². The molecule has 4 rings (SSSR count). The summed E-state index contributed by atoms with van der Waals surface area (Å²) >= 11 is 0. The average molecular weight is 310 g/mol. The first-order valence-electron chi connectivity index (χ1n) is 8.48. The Morgan fingerprint density at radius 3 is 2.70 bits per heavy atom. The third kappa shape index (κ3) is 2.83. The molecule has 0 spiro atoms. The number of nitrogens with zero attached hydrogens (tertiary/aromatic N) is 1. The lowest BCUT2D eigenvalue weighted by atomic mass is 9.77. The summed E-state index contributed by atoms with van der Waals surface area (Å²) in [6.07, 6.45) is 5.68. The molecule has 0 saturated carbocycles. The van der Waals surface area contributed by atoms with Gasteiger partial charge in [-0.15, -0.1) is 0 Å². The van der Waals surface area contributed by atoms with Crippen LogP contribution in [0.15, 0.2) is 30.3 Å². The van der Waals surface area contributed by atoms with E-state index in [-0.39, 0.29) is 5.92 Å². The number of Topliss-reactive ketones (excluding diaryl/α,β-unsaturated/α-hetero) is 1. The van der Waals surface area contributed by atoms with Crippen LogP contribution in [0.2, 0.25) is 0 Å². The van der Waals surface area contributed by atoms with E-state index >= 15 is 0 Å². The Kier molecular flexibility index (Phi) is 3.77. The molecule has 2 aliphatic rings. The molecule has 2 saturated heterocycles. The Morgan fingerprint density at radius 1 is 1.17 bits per heavy atom. The summed E-state index contributed by atoms with van der Waals surface area (Å²) in [6.45, 7) is 0. The molecule has 2 atom stereocenters. The van der Waals surface area contributed by atoms with Gasteiger partial charge in [-0.3, -0.25) is 4.79 Å². The number of carbonyl (C=O) groups excluding carboxylic acids is 1. The van der Waals surface area contributed by atoms with Crippen molar-refractivity contribution in [1.29, 1.82) is 0 Å². The molecule has 2 fully saturated rings. The van der Waals surface area contributed by atoms with Crippen molar-refractivity contribution >= 4 is 16.7 Å². The van der Waals surface area contributed by atoms with Crippen LogP contribution >= 0.6 is 0 Å². The van der Waals surface area contributed by atoms with Crippen LogP contribution in [0.1, 0.15) is 42.5 Å². The first-order chi connectivity index (χ1) is 11.2. The van der Waals surface area contributed by atoms with Crippen LogP contribution in [-0.2, 0) is 0 Å². The smallest absolute Gasteiger partial charge is 0.213 e. The second-order valence-electron chi connectivity index (χ2n) is 6.79. The van der Waals surface area contributed by atoms with Crippen molar-refractivity contribution in [2.24, 2.45) is 5.92 Å². The number of aromatic nitrogens is 1. The van der Waals surface area contributed by atoms with Gasteiger partial charge in [-0.1, -0.05) is 6.42 Å². The second kappa shape index (κ2) is 5.93. The number of piperidine rings is 2. The van der Waals surface area contributed by atoms with Gasteiger partial charge in [0.05, 0.1) is 12.6 Å². The lowest BCUT2D eigenvalue weighted by Crippen LogP contribution is -2.50. The van der Waals surface area contributed by atoms with E-state index in [2.05, 4.69) is 10.3 Å². The van der Waals surface area contributed by atoms with Crippen LogP contribution < -0.4 is 10.1 Å². The highest BCUT2D eigenvalue weighted by molar-refractivity contribution is 6.01. The zero-order chi connectivity index (χ0) is 15.8. The van der Waals surface area contributed by atoms with Crippen LogP contribution in [0.3, 0.4) is 0 Å². The number of ketones is 1. The highest BCUT2D eigenvalue weighted by Gasteiger charge is 2.34. The first-order valence-corrected chi connectivity index (χ1v) is 8.48. The van der Waals surface area contributed by atoms with E-state index in [9.17, 15) is 4.79 Å². The molecule has 2 aromatic rings. The first kappa shape index (κ1) is 14.6. The number of carbonyl (C=O) groups is 1. The Bertz CT molecular complexity index is 731. The van der Waals surface area contributed by atoms with Crippen molar-refractivity contribution in [3.05, 3.63) is 35.9 Å². The molecule has 1 aromatic heterocycles. The van der Waals surface area contributed by atoms with Crippen molar-refractivity contribution in [3.8, 4) is 5.88 Å². The van der Waals surface area contributed by atoms with E-state index in [4.69, 9.17) is 4.74 Å². The SMILES string of the molecule is COc1ccc2cc(C(=O)C3CC4CCCC(C3)N4)ccc2n1. The fourth-order valence-electron chi connectivity index (χ4n) is 4.09. The Balaban J connectivity index is 1.59. The van der Waals surface area contributed by atoms with Gasteiger partial charge in [-0.2, -0.15) is 0 Å². The van der Waals surface area contributed by atoms with Gasteiger partial charge in [0.25, 0.3) is 0 Å². The molecule has 0 amide bonds. The van der Waals surface area contributed by atoms with Crippen molar-refractivity contribution < 1.29 is 9.53 Å². The number of pyridine rings is 1. The zero-order valence-corrected chi connectivity index (χ0v) is 13.4. The number of rotatable bonds is 3. The maximum Gasteiger partial charge on any atom is 0.213 e. The molecule has 1 aromatic carbocycles. The summed E-state index contributed by atoms with van der Waals surface area (Å²) < 4.78 is 5.15. The summed E-state index contributed by atoms with van der Waals surface area (Å²) in [5, 5.41) is 4.65. The molecule has 0 radical (unpaired) electrons. The summed E-state index contributed by atoms with van der Waals surface area (Å²) in [4.78, 5) is 17.3. The number of methoxy groups -OCH3 is 1. The minimum Gasteiger partial charge on any atom is -0.481 e. The van der Waals surface area contributed by atoms with E-state index in [0.717, 1.165) is 29.3 Å². The van der Waals surface area contributed by atoms with Crippen LogP contribution in [0.25, 0.3) is 10.9 Å². The van der Waals surface area contributed by atoms with E-state index in [1.807, 2.05) is 30.3 Å². The molecule has 0 aliphatic carbocycles. The summed E-state index contributed by atoms with van der Waals surface area (Å²) in [7, 11) is 1.61. The van der Waals surface area contributed by atoms with E-state index < -0.39 is 0 Å². The third-order valence-electron chi connectivity index (χ3n) is 5.24. The Hall–Kier alpha value is -1.94. The van der Waals surface area contributed by atoms with Crippen LogP contribution in [-0.4, -0.2) is 30.0 Å². The number of hydrogen-bond donors (Lipinski definition) is 1. The third-order valence-corrected chi connectivity index (χ3v) is 5.24. The zero-order valence-electron chi connectivity index (χ0n) is 13.4. The predicted octanol–water partition coefficient (Wildman–Crippen LogP) is 3.35. The maximum absolute atomic E-state index is 12.9. The average Bonchev–Trinajstić information content (AvgIpc) is 2.59. The monoisotopic (exact) mass is 310 g/mol. The fourth-order valence-corrected chi connectivity index (χ4v) is 4.09. The standard InChI is InChI=1S/C19H22N2O2/c1-23-18-8-6-12-9-13(5-7-17(12)21-18)19(22)14-10-15-3-2-4-16(11-14)20-15/h5-9,14-16,20H,2-4,10-11H2,1H3. The quantitative estimate of drug-likeness (QED) is 0.883. The van der Waals surface area contributed by atoms with Crippen molar-refractivity contribution in [2.75, 3.05) is 7.11 Å². The maximum atomic E-state index is 12.9. The number of hydrogen-bond acceptors (Lipinski definition) is 4. The Labute approximate surface area is 136 Å². The normalized spacial score (nSPS) is 26.9. The topological polar surface area (TPSA) is 51.2 Å². The summed E-state index contributed by atoms with van der Waals surface area (Å²) in [5.74, 6) is 1.05. The molecule has 2 unspecified atom stereocenters. The number of fused-ring (bicyclic) bond motifs is 3. The van der Waals surface area contributed by atoms with Crippen LogP contribution in [0.4, 0.5) is 0 Å². The summed E-state index contributed by atoms with van der Waals surface area (Å²) in [5.41, 5.74) is 1.68. The lowest BCUT2D eigenvalue weighted by Gasteiger charge is -2.39. The molecular weight excluding hydrogens is 288 g/mol. The van der Waals surface area contributed by atoms with Crippen molar-refractivity contribution in [1.82, 2.24) is 10.3 Å². The van der Waals surface area contributed by atoms with Crippen molar-refractivity contribution in [3.63, 3.8) is 0 Å². The highest BCUT2D eigenvalue weighted by atomic mass is 16.5. The van der Waals surface area contributed by atoms with Gasteiger partial charge in [0.1, 0.15) is 0 Å². The molecule has 3 heterocycles. The van der Waals surface area contributed by atoms with Crippen LogP contribution in [0.5, 0.6) is 5.88 Å². The second-order valence-corrected chi connectivity index (χ2v) is 6.79. The van der Waals surface area contributed by atoms with Gasteiger partial charge < -0.3 is 10.1 Å². The van der Waals surface area contributed by atoms with Gasteiger partial charge in [0, 0.05) is 35.0 Å². The minimum atomic E-state index is 0.162. The van der Waals surface area contributed by atoms with Gasteiger partial charge >= 0.3 is 0 Å². The van der Waals surface area contributed by atoms with E-state index in [1.54, 1.807) is 7.11 Å². The predicted molar refractivity (Wildman–Crippen MR) is 89.9 cm³/mol. The molecule has 4 nitrogen and oxygen atoms in total. The van der Waals surface area contributed by atoms with E-state index in [1.165, 1.54) is 19.3 Å². The molecular formula is C19H22N2O2. The molecule has 2 bridgehead atoms. The van der Waals surface area contributed by atoms with Gasteiger partial charge in [0.15, 0.2) is 5.78 Å². The van der Waals surface area contributed by atoms with Gasteiger partial charge in [-0.05, 0) is 49.9 Å². The number of benzene rings is 1. The molecule has 120 valence electrons. The molecule has 23 heavy (non-hydrogen) atoms. The molecule has 4 heteroatoms. The molecule has 2 aliphatic heterocycles. The summed E-state index contributed by atoms with van der Waals surface area (Å²) in [6, 6.07) is 10.7. The molecule has 1 N–H and O–H groups in total. The number of nitrogens with one attached hydrogen (secondary N) is 1. The number of ether oxygens (including phenoxy) is 1. The highest BCUT2D eigenvalue weighted by Crippen LogP contribution is 2.32. The van der Waals surface area contributed by atoms with Gasteiger partial charge in [0.2, 0.25) is 5.88 Å². The van der Waals surface area contributed by atoms with Gasteiger partial charge in [-0.25, -0.2) is 4.98 Å². The Morgan fingerprint density at radius 2 is 1.96 bits per heavy atom. The minimum absolute atomic E-state index is 0.162. The lowest BCUT2D eigenvalue weighted by molar-refractivity contribution is 0.0825.